The molecule has 0 atom stereocenters. The van der Waals surface area contributed by atoms with Crippen LogP contribution in [-0.2, 0) is 13.0 Å². The second-order valence-electron chi connectivity index (χ2n) is 9.09. The molecule has 4 N–H and O–H groups in total. The summed E-state index contributed by atoms with van der Waals surface area (Å²) in [4.78, 5) is 17.1. The summed E-state index contributed by atoms with van der Waals surface area (Å²) in [5.74, 6) is 0.0162. The minimum absolute atomic E-state index is 0.427. The zero-order valence-electron chi connectivity index (χ0n) is 19.8. The van der Waals surface area contributed by atoms with Gasteiger partial charge in [-0.2, -0.15) is 5.10 Å². The summed E-state index contributed by atoms with van der Waals surface area (Å²) in [5.41, 5.74) is 11.5. The molecular formula is C26H34N6O. The van der Waals surface area contributed by atoms with Gasteiger partial charge in [-0.25, -0.2) is 0 Å². The number of rotatable bonds is 8. The molecule has 1 amide bonds. The fourth-order valence-corrected chi connectivity index (χ4v) is 4.32. The summed E-state index contributed by atoms with van der Waals surface area (Å²) in [6, 6.07) is 17.4. The smallest absolute Gasteiger partial charge is 0.254 e. The second-order valence-corrected chi connectivity index (χ2v) is 9.09. The number of nitrogens with zero attached hydrogens (tertiary/aromatic N) is 3. The zero-order valence-corrected chi connectivity index (χ0v) is 19.8. The van der Waals surface area contributed by atoms with E-state index < -0.39 is 5.91 Å². The quantitative estimate of drug-likeness (QED) is 0.492. The third-order valence-electron chi connectivity index (χ3n) is 6.40. The molecule has 3 aromatic rings. The molecule has 1 saturated heterocycles. The molecule has 2 heterocycles. The molecule has 174 valence electrons. The molecule has 2 aromatic carbocycles. The van der Waals surface area contributed by atoms with Crippen molar-refractivity contribution in [1.29, 1.82) is 0 Å². The third-order valence-corrected chi connectivity index (χ3v) is 6.40. The Hall–Kier alpha value is -3.32. The average molecular weight is 447 g/mol. The number of carbonyl (C=O) groups is 1. The molecule has 0 aliphatic carbocycles. The molecular weight excluding hydrogens is 412 g/mol. The highest BCUT2D eigenvalue weighted by Gasteiger charge is 2.20. The van der Waals surface area contributed by atoms with Crippen LogP contribution in [0.4, 0.5) is 11.5 Å². The van der Waals surface area contributed by atoms with Gasteiger partial charge in [-0.1, -0.05) is 42.0 Å². The predicted octanol–water partition coefficient (Wildman–Crippen LogP) is 3.55. The van der Waals surface area contributed by atoms with Crippen LogP contribution in [0.1, 0.15) is 46.6 Å². The number of anilines is 2. The van der Waals surface area contributed by atoms with Crippen molar-refractivity contribution in [3.8, 4) is 0 Å². The summed E-state index contributed by atoms with van der Waals surface area (Å²) in [6.07, 6.45) is 0.568. The van der Waals surface area contributed by atoms with E-state index in [4.69, 9.17) is 5.73 Å². The molecule has 0 radical (unpaired) electrons. The van der Waals surface area contributed by atoms with Gasteiger partial charge in [0.25, 0.3) is 5.91 Å². The van der Waals surface area contributed by atoms with Crippen molar-refractivity contribution in [2.45, 2.75) is 39.8 Å². The number of amides is 1. The van der Waals surface area contributed by atoms with Crippen molar-refractivity contribution in [2.75, 3.05) is 36.4 Å². The minimum atomic E-state index is -0.482. The highest BCUT2D eigenvalue weighted by Crippen LogP contribution is 2.23. The van der Waals surface area contributed by atoms with E-state index in [1.165, 1.54) is 11.3 Å². The van der Waals surface area contributed by atoms with E-state index in [1.54, 1.807) is 0 Å². The number of H-pyrrole nitrogens is 1. The maximum Gasteiger partial charge on any atom is 0.254 e. The Bertz CT molecular complexity index is 1060. The van der Waals surface area contributed by atoms with Crippen molar-refractivity contribution < 1.29 is 4.79 Å². The third kappa shape index (κ3) is 5.54. The SMILES string of the molecule is Cc1ccc(CNc2n[nH]c(Cc3ccc(N4CCN(C(C)C)CC4)cc3)c2C(N)=O)cc1. The molecule has 7 heteroatoms. The van der Waals surface area contributed by atoms with Gasteiger partial charge in [0.2, 0.25) is 0 Å². The first kappa shape index (κ1) is 22.9. The van der Waals surface area contributed by atoms with Crippen molar-refractivity contribution >= 4 is 17.4 Å². The molecule has 1 fully saturated rings. The maximum absolute atomic E-state index is 12.2. The van der Waals surface area contributed by atoms with Gasteiger partial charge in [-0.3, -0.25) is 14.8 Å². The van der Waals surface area contributed by atoms with Crippen LogP contribution < -0.4 is 16.0 Å². The second kappa shape index (κ2) is 10.1. The van der Waals surface area contributed by atoms with Crippen LogP contribution in [0.5, 0.6) is 0 Å². The van der Waals surface area contributed by atoms with E-state index in [0.29, 0.717) is 30.4 Å². The van der Waals surface area contributed by atoms with Crippen LogP contribution >= 0.6 is 0 Å². The maximum atomic E-state index is 12.2. The van der Waals surface area contributed by atoms with Gasteiger partial charge in [-0.05, 0) is 44.0 Å². The molecule has 1 aromatic heterocycles. The summed E-state index contributed by atoms with van der Waals surface area (Å²) >= 11 is 0. The van der Waals surface area contributed by atoms with Crippen LogP contribution in [-0.4, -0.2) is 53.2 Å². The van der Waals surface area contributed by atoms with Gasteiger partial charge < -0.3 is 16.0 Å². The topological polar surface area (TPSA) is 90.3 Å². The number of aryl methyl sites for hydroxylation is 1. The van der Waals surface area contributed by atoms with Gasteiger partial charge in [0.05, 0.1) is 5.69 Å². The van der Waals surface area contributed by atoms with Gasteiger partial charge in [0.1, 0.15) is 5.56 Å². The van der Waals surface area contributed by atoms with Crippen molar-refractivity contribution in [3.63, 3.8) is 0 Å². The first-order valence-electron chi connectivity index (χ1n) is 11.6. The molecule has 0 bridgehead atoms. The van der Waals surface area contributed by atoms with Crippen molar-refractivity contribution in [3.05, 3.63) is 76.5 Å². The number of aromatic nitrogens is 2. The molecule has 33 heavy (non-hydrogen) atoms. The number of carbonyl (C=O) groups excluding carboxylic acids is 1. The first-order chi connectivity index (χ1) is 15.9. The monoisotopic (exact) mass is 446 g/mol. The Morgan fingerprint density at radius 2 is 1.67 bits per heavy atom. The molecule has 1 aliphatic heterocycles. The van der Waals surface area contributed by atoms with Gasteiger partial charge in [0.15, 0.2) is 5.82 Å². The van der Waals surface area contributed by atoms with Crippen molar-refractivity contribution in [2.24, 2.45) is 5.73 Å². The number of hydrogen-bond donors (Lipinski definition) is 3. The normalized spacial score (nSPS) is 14.6. The Labute approximate surface area is 196 Å². The van der Waals surface area contributed by atoms with E-state index in [0.717, 1.165) is 43.0 Å². The summed E-state index contributed by atoms with van der Waals surface area (Å²) in [6.45, 7) is 11.4. The van der Waals surface area contributed by atoms with Crippen LogP contribution in [0.15, 0.2) is 48.5 Å². The van der Waals surface area contributed by atoms with Gasteiger partial charge in [-0.15, -0.1) is 0 Å². The van der Waals surface area contributed by atoms with Gasteiger partial charge in [0, 0.05) is 50.9 Å². The van der Waals surface area contributed by atoms with Gasteiger partial charge >= 0.3 is 0 Å². The molecule has 0 spiro atoms. The number of primary amides is 1. The largest absolute Gasteiger partial charge is 0.369 e. The molecule has 7 nitrogen and oxygen atoms in total. The van der Waals surface area contributed by atoms with Crippen LogP contribution in [0.25, 0.3) is 0 Å². The Kier molecular flexibility index (Phi) is 6.99. The summed E-state index contributed by atoms with van der Waals surface area (Å²) in [7, 11) is 0. The van der Waals surface area contributed by atoms with E-state index >= 15 is 0 Å². The number of hydrogen-bond acceptors (Lipinski definition) is 5. The lowest BCUT2D eigenvalue weighted by Gasteiger charge is -2.38. The average Bonchev–Trinajstić information content (AvgIpc) is 3.22. The standard InChI is InChI=1S/C26H34N6O/c1-18(2)31-12-14-32(15-13-31)22-10-8-20(9-11-22)16-23-24(25(27)33)26(30-29-23)28-17-21-6-4-19(3)5-7-21/h4-11,18H,12-17H2,1-3H3,(H2,27,33)(H2,28,29,30). The predicted molar refractivity (Wildman–Crippen MR) is 134 cm³/mol. The Morgan fingerprint density at radius 3 is 2.27 bits per heavy atom. The minimum Gasteiger partial charge on any atom is -0.369 e. The van der Waals surface area contributed by atoms with E-state index in [1.807, 2.05) is 0 Å². The lowest BCUT2D eigenvalue weighted by molar-refractivity contribution is 0.100. The first-order valence-corrected chi connectivity index (χ1v) is 11.6. The molecule has 0 unspecified atom stereocenters. The number of nitrogens with one attached hydrogen (secondary N) is 2. The summed E-state index contributed by atoms with van der Waals surface area (Å²) < 4.78 is 0. The highest BCUT2D eigenvalue weighted by molar-refractivity contribution is 5.99. The molecule has 0 saturated carbocycles. The van der Waals surface area contributed by atoms with E-state index in [-0.39, 0.29) is 0 Å². The lowest BCUT2D eigenvalue weighted by atomic mass is 10.0. The van der Waals surface area contributed by atoms with Crippen LogP contribution in [0.3, 0.4) is 0 Å². The number of benzene rings is 2. The highest BCUT2D eigenvalue weighted by atomic mass is 16.1. The molecule has 4 rings (SSSR count). The van der Waals surface area contributed by atoms with Crippen LogP contribution in [0.2, 0.25) is 0 Å². The fraction of sp³-hybridized carbons (Fsp3) is 0.385. The Balaban J connectivity index is 1.41. The van der Waals surface area contributed by atoms with Crippen molar-refractivity contribution in [1.82, 2.24) is 15.1 Å². The zero-order chi connectivity index (χ0) is 23.4. The van der Waals surface area contributed by atoms with E-state index in [9.17, 15) is 4.79 Å². The number of piperazine rings is 1. The summed E-state index contributed by atoms with van der Waals surface area (Å²) in [5, 5.41) is 10.6. The van der Waals surface area contributed by atoms with Crippen LogP contribution in [0, 0.1) is 6.92 Å². The fourth-order valence-electron chi connectivity index (χ4n) is 4.32. The van der Waals surface area contributed by atoms with E-state index in [2.05, 4.69) is 94.6 Å². The Morgan fingerprint density at radius 1 is 1.03 bits per heavy atom. The number of nitrogens with two attached hydrogens (primary N) is 1. The molecule has 1 aliphatic rings. The lowest BCUT2D eigenvalue weighted by Crippen LogP contribution is -2.48. The number of aromatic amines is 1.